The Labute approximate surface area is 206 Å². The zero-order valence-corrected chi connectivity index (χ0v) is 21.5. The maximum absolute atomic E-state index is 13.7. The fraction of sp³-hybridized carbons (Fsp3) is 0.407. The minimum atomic E-state index is -3.22. The summed E-state index contributed by atoms with van der Waals surface area (Å²) >= 11 is 0. The smallest absolute Gasteiger partial charge is 0.290 e. The van der Waals surface area contributed by atoms with Gasteiger partial charge in [0.2, 0.25) is 0 Å². The van der Waals surface area contributed by atoms with Gasteiger partial charge in [-0.25, -0.2) is 8.42 Å². The van der Waals surface area contributed by atoms with Gasteiger partial charge in [0.1, 0.15) is 5.58 Å². The normalized spacial score (nSPS) is 17.0. The van der Waals surface area contributed by atoms with E-state index < -0.39 is 21.8 Å². The molecule has 2 aromatic carbocycles. The van der Waals surface area contributed by atoms with Crippen LogP contribution in [-0.4, -0.2) is 49.9 Å². The summed E-state index contributed by atoms with van der Waals surface area (Å²) in [4.78, 5) is 30.3. The van der Waals surface area contributed by atoms with Gasteiger partial charge in [-0.3, -0.25) is 9.59 Å². The Balaban J connectivity index is 1.71. The second kappa shape index (κ2) is 9.85. The number of nitrogens with zero attached hydrogens (tertiary/aromatic N) is 2. The molecule has 0 bridgehead atoms. The van der Waals surface area contributed by atoms with E-state index in [9.17, 15) is 18.0 Å². The van der Waals surface area contributed by atoms with Crippen LogP contribution in [0.25, 0.3) is 11.0 Å². The van der Waals surface area contributed by atoms with Crippen molar-refractivity contribution >= 4 is 32.4 Å². The van der Waals surface area contributed by atoms with Crippen molar-refractivity contribution in [3.63, 3.8) is 0 Å². The molecule has 7 nitrogen and oxygen atoms in total. The Hall–Kier alpha value is -3.13. The molecule has 1 aliphatic rings. The third-order valence-corrected chi connectivity index (χ3v) is 8.46. The van der Waals surface area contributed by atoms with E-state index >= 15 is 0 Å². The zero-order valence-electron chi connectivity index (χ0n) is 20.7. The first kappa shape index (κ1) is 25.0. The number of amides is 1. The maximum Gasteiger partial charge on any atom is 0.290 e. The summed E-state index contributed by atoms with van der Waals surface area (Å²) < 4.78 is 30.4. The fourth-order valence-corrected chi connectivity index (χ4v) is 6.63. The number of benzene rings is 2. The molecule has 0 saturated carbocycles. The molecule has 0 N–H and O–H groups in total. The number of carbonyl (C=O) groups is 1. The Bertz CT molecular complexity index is 1410. The van der Waals surface area contributed by atoms with Crippen LogP contribution in [0.2, 0.25) is 0 Å². The van der Waals surface area contributed by atoms with Crippen LogP contribution in [0.4, 0.5) is 5.69 Å². The van der Waals surface area contributed by atoms with E-state index in [0.717, 1.165) is 35.5 Å². The molecule has 3 aromatic rings. The molecule has 1 aliphatic heterocycles. The van der Waals surface area contributed by atoms with Gasteiger partial charge in [-0.1, -0.05) is 18.2 Å². The number of aryl methyl sites for hydroxylation is 2. The molecule has 4 rings (SSSR count). The molecule has 1 saturated heterocycles. The highest BCUT2D eigenvalue weighted by atomic mass is 32.2. The first-order chi connectivity index (χ1) is 16.6. The highest BCUT2D eigenvalue weighted by Crippen LogP contribution is 2.25. The van der Waals surface area contributed by atoms with Crippen molar-refractivity contribution < 1.29 is 17.6 Å². The van der Waals surface area contributed by atoms with E-state index in [2.05, 4.69) is 18.7 Å². The minimum absolute atomic E-state index is 0.0441. The van der Waals surface area contributed by atoms with E-state index in [-0.39, 0.29) is 29.2 Å². The van der Waals surface area contributed by atoms with Gasteiger partial charge in [-0.05, 0) is 69.0 Å². The zero-order chi connectivity index (χ0) is 25.3. The lowest BCUT2D eigenvalue weighted by Crippen LogP contribution is -2.41. The van der Waals surface area contributed by atoms with Crippen molar-refractivity contribution in [2.24, 2.45) is 0 Å². The Morgan fingerprint density at radius 3 is 2.34 bits per heavy atom. The predicted octanol–water partition coefficient (Wildman–Crippen LogP) is 4.09. The summed E-state index contributed by atoms with van der Waals surface area (Å²) in [5.41, 5.74) is 3.77. The summed E-state index contributed by atoms with van der Waals surface area (Å²) in [6.07, 6.45) is 0.363. The van der Waals surface area contributed by atoms with Gasteiger partial charge in [0.05, 0.1) is 16.9 Å². The summed E-state index contributed by atoms with van der Waals surface area (Å²) in [6, 6.07) is 12.3. The molecule has 186 valence electrons. The molecule has 1 atom stereocenters. The van der Waals surface area contributed by atoms with E-state index in [0.29, 0.717) is 17.4 Å². The Morgan fingerprint density at radius 1 is 1.06 bits per heavy atom. The van der Waals surface area contributed by atoms with E-state index in [4.69, 9.17) is 4.42 Å². The lowest BCUT2D eigenvalue weighted by molar-refractivity contribution is 0.0648. The van der Waals surface area contributed by atoms with Crippen LogP contribution in [0.5, 0.6) is 0 Å². The summed E-state index contributed by atoms with van der Waals surface area (Å²) in [7, 11) is -3.22. The quantitative estimate of drug-likeness (QED) is 0.490. The van der Waals surface area contributed by atoms with Gasteiger partial charge >= 0.3 is 0 Å². The molecule has 35 heavy (non-hydrogen) atoms. The van der Waals surface area contributed by atoms with Gasteiger partial charge in [0, 0.05) is 37.4 Å². The molecule has 1 fully saturated rings. The van der Waals surface area contributed by atoms with Gasteiger partial charge in [0.15, 0.2) is 21.0 Å². The van der Waals surface area contributed by atoms with Crippen molar-refractivity contribution in [3.05, 3.63) is 75.1 Å². The summed E-state index contributed by atoms with van der Waals surface area (Å²) in [5.74, 6) is -0.594. The predicted molar refractivity (Wildman–Crippen MR) is 139 cm³/mol. The van der Waals surface area contributed by atoms with Crippen molar-refractivity contribution in [1.29, 1.82) is 0 Å². The van der Waals surface area contributed by atoms with E-state index in [1.807, 2.05) is 44.2 Å². The topological polar surface area (TPSA) is 87.9 Å². The third-order valence-electron chi connectivity index (χ3n) is 6.71. The molecule has 0 unspecified atom stereocenters. The van der Waals surface area contributed by atoms with Crippen molar-refractivity contribution in [2.75, 3.05) is 29.5 Å². The number of sulfone groups is 1. The molecular formula is C27H32N2O5S. The van der Waals surface area contributed by atoms with Crippen LogP contribution in [-0.2, 0) is 16.4 Å². The van der Waals surface area contributed by atoms with Crippen molar-refractivity contribution in [2.45, 2.75) is 46.7 Å². The number of anilines is 1. The van der Waals surface area contributed by atoms with Crippen LogP contribution in [0.3, 0.4) is 0 Å². The van der Waals surface area contributed by atoms with Crippen LogP contribution < -0.4 is 10.3 Å². The highest BCUT2D eigenvalue weighted by molar-refractivity contribution is 7.91. The standard InChI is InChI=1S/C27H32N2O5S/c1-5-28(6-2)21-9-7-20(8-10-21)16-29(22-11-12-35(32,33)17-22)27(31)25-15-23(30)26-19(4)13-18(3)14-24(26)34-25/h7-10,13-15,22H,5-6,11-12,16-17H2,1-4H3/t22-/m1/s1. The highest BCUT2D eigenvalue weighted by Gasteiger charge is 2.36. The average Bonchev–Trinajstić information content (AvgIpc) is 3.17. The second-order valence-corrected chi connectivity index (χ2v) is 11.5. The first-order valence-electron chi connectivity index (χ1n) is 12.0. The number of rotatable bonds is 7. The number of fused-ring (bicyclic) bond motifs is 1. The fourth-order valence-electron chi connectivity index (χ4n) is 4.90. The average molecular weight is 497 g/mol. The molecule has 0 aliphatic carbocycles. The largest absolute Gasteiger partial charge is 0.451 e. The van der Waals surface area contributed by atoms with Crippen LogP contribution >= 0.6 is 0 Å². The molecule has 0 spiro atoms. The second-order valence-electron chi connectivity index (χ2n) is 9.26. The van der Waals surface area contributed by atoms with Gasteiger partial charge in [0.25, 0.3) is 5.91 Å². The third kappa shape index (κ3) is 5.27. The molecule has 8 heteroatoms. The van der Waals surface area contributed by atoms with Crippen LogP contribution in [0.1, 0.15) is 47.5 Å². The van der Waals surface area contributed by atoms with Crippen LogP contribution in [0.15, 0.2) is 51.7 Å². The summed E-state index contributed by atoms with van der Waals surface area (Å²) in [6.45, 7) is 9.94. The SMILES string of the molecule is CCN(CC)c1ccc(CN(C(=O)c2cc(=O)c3c(C)cc(C)cc3o2)[C@@H]2CCS(=O)(=O)C2)cc1. The van der Waals surface area contributed by atoms with Gasteiger partial charge in [-0.2, -0.15) is 0 Å². The minimum Gasteiger partial charge on any atom is -0.451 e. The molecule has 0 radical (unpaired) electrons. The summed E-state index contributed by atoms with van der Waals surface area (Å²) in [5, 5.41) is 0.453. The number of hydrogen-bond donors (Lipinski definition) is 0. The molecule has 1 aromatic heterocycles. The van der Waals surface area contributed by atoms with Crippen molar-refractivity contribution in [1.82, 2.24) is 4.90 Å². The molecule has 2 heterocycles. The Morgan fingerprint density at radius 2 is 1.74 bits per heavy atom. The van der Waals surface area contributed by atoms with Gasteiger partial charge < -0.3 is 14.2 Å². The van der Waals surface area contributed by atoms with E-state index in [1.165, 1.54) is 6.07 Å². The monoisotopic (exact) mass is 496 g/mol. The maximum atomic E-state index is 13.7. The van der Waals surface area contributed by atoms with E-state index in [1.54, 1.807) is 11.0 Å². The number of hydrogen-bond acceptors (Lipinski definition) is 6. The lowest BCUT2D eigenvalue weighted by Gasteiger charge is -2.28. The Kier molecular flexibility index (Phi) is 7.03. The first-order valence-corrected chi connectivity index (χ1v) is 13.8. The molecule has 1 amide bonds. The van der Waals surface area contributed by atoms with Crippen molar-refractivity contribution in [3.8, 4) is 0 Å². The number of carbonyl (C=O) groups excluding carboxylic acids is 1. The molecular weight excluding hydrogens is 464 g/mol. The van der Waals surface area contributed by atoms with Gasteiger partial charge in [-0.15, -0.1) is 0 Å². The van der Waals surface area contributed by atoms with Crippen LogP contribution in [0, 0.1) is 13.8 Å². The lowest BCUT2D eigenvalue weighted by atomic mass is 10.1.